The number of hydrogen-bond acceptors (Lipinski definition) is 2. The Hall–Kier alpha value is -1.66. The average Bonchev–Trinajstić information content (AvgIpc) is 3.00. The zero-order valence-corrected chi connectivity index (χ0v) is 12.6. The predicted molar refractivity (Wildman–Crippen MR) is 77.5 cm³/mol. The Morgan fingerprint density at radius 1 is 0.632 bits per heavy atom. The summed E-state index contributed by atoms with van der Waals surface area (Å²) in [7, 11) is 0. The molecule has 19 heavy (non-hydrogen) atoms. The molecular formula is C16H10O2Sb. The molecule has 2 nitrogen and oxygen atoms in total. The van der Waals surface area contributed by atoms with Crippen LogP contribution in [0.25, 0.3) is 21.9 Å². The second-order valence-electron chi connectivity index (χ2n) is 4.36. The Bertz CT molecular complexity index is 719. The van der Waals surface area contributed by atoms with Gasteiger partial charge in [-0.15, -0.1) is 0 Å². The van der Waals surface area contributed by atoms with Gasteiger partial charge in [0.15, 0.2) is 0 Å². The van der Waals surface area contributed by atoms with Crippen molar-refractivity contribution in [3.8, 4) is 0 Å². The van der Waals surface area contributed by atoms with E-state index in [1.165, 1.54) is 10.8 Å². The van der Waals surface area contributed by atoms with Crippen molar-refractivity contribution in [1.29, 1.82) is 0 Å². The van der Waals surface area contributed by atoms with E-state index in [9.17, 15) is 0 Å². The number of para-hydroxylation sites is 2. The molecule has 3 heteroatoms. The summed E-state index contributed by atoms with van der Waals surface area (Å²) in [6, 6.07) is 20.5. The van der Waals surface area contributed by atoms with Crippen LogP contribution in [0.2, 0.25) is 0 Å². The van der Waals surface area contributed by atoms with Gasteiger partial charge in [0.05, 0.1) is 0 Å². The van der Waals surface area contributed by atoms with Crippen molar-refractivity contribution in [2.45, 2.75) is 0 Å². The molecule has 0 unspecified atom stereocenters. The number of benzene rings is 2. The first kappa shape index (κ1) is 11.2. The normalized spacial score (nSPS) is 11.4. The van der Waals surface area contributed by atoms with Crippen LogP contribution >= 0.6 is 0 Å². The van der Waals surface area contributed by atoms with Gasteiger partial charge >= 0.3 is 120 Å². The van der Waals surface area contributed by atoms with Gasteiger partial charge in [-0.05, 0) is 0 Å². The first-order valence-electron chi connectivity index (χ1n) is 6.07. The fourth-order valence-corrected chi connectivity index (χ4v) is 4.76. The zero-order chi connectivity index (χ0) is 12.7. The van der Waals surface area contributed by atoms with E-state index in [2.05, 4.69) is 24.3 Å². The van der Waals surface area contributed by atoms with Gasteiger partial charge in [0.1, 0.15) is 0 Å². The number of hydrogen-bond donors (Lipinski definition) is 0. The SMILES string of the molecule is c1ccc2o[c]([Sb][c]3cc4ccccc4o3)cc2c1. The molecule has 0 amide bonds. The summed E-state index contributed by atoms with van der Waals surface area (Å²) in [6.45, 7) is 0. The summed E-state index contributed by atoms with van der Waals surface area (Å²) in [4.78, 5) is 0. The summed E-state index contributed by atoms with van der Waals surface area (Å²) in [6.07, 6.45) is 0. The molecule has 91 valence electrons. The van der Waals surface area contributed by atoms with E-state index in [1.54, 1.807) is 0 Å². The Labute approximate surface area is 120 Å². The van der Waals surface area contributed by atoms with Gasteiger partial charge in [0, 0.05) is 0 Å². The molecule has 0 aliphatic heterocycles. The van der Waals surface area contributed by atoms with Crippen molar-refractivity contribution < 1.29 is 8.83 Å². The van der Waals surface area contributed by atoms with Crippen LogP contribution in [0.3, 0.4) is 0 Å². The Kier molecular flexibility index (Phi) is 2.63. The van der Waals surface area contributed by atoms with Crippen LogP contribution in [0.4, 0.5) is 0 Å². The van der Waals surface area contributed by atoms with E-state index in [0.29, 0.717) is 0 Å². The number of rotatable bonds is 2. The van der Waals surface area contributed by atoms with E-state index in [4.69, 9.17) is 8.83 Å². The van der Waals surface area contributed by atoms with E-state index in [-0.39, 0.29) is 0 Å². The molecule has 0 fully saturated rings. The minimum absolute atomic E-state index is 0.795. The van der Waals surface area contributed by atoms with Gasteiger partial charge in [0.2, 0.25) is 0 Å². The summed E-state index contributed by atoms with van der Waals surface area (Å²) < 4.78 is 13.9. The fourth-order valence-electron chi connectivity index (χ4n) is 2.15. The molecule has 0 saturated heterocycles. The first-order valence-corrected chi connectivity index (χ1v) is 8.63. The third-order valence-corrected chi connectivity index (χ3v) is 5.56. The quantitative estimate of drug-likeness (QED) is 0.517. The topological polar surface area (TPSA) is 26.3 Å². The van der Waals surface area contributed by atoms with Gasteiger partial charge in [-0.25, -0.2) is 0 Å². The van der Waals surface area contributed by atoms with E-state index in [0.717, 1.165) is 18.6 Å². The minimum atomic E-state index is -0.795. The van der Waals surface area contributed by atoms with E-state index in [1.807, 2.05) is 36.4 Å². The monoisotopic (exact) mass is 355 g/mol. The zero-order valence-electron chi connectivity index (χ0n) is 10.0. The molecule has 0 N–H and O–H groups in total. The third-order valence-electron chi connectivity index (χ3n) is 3.05. The molecule has 0 spiro atoms. The van der Waals surface area contributed by atoms with Crippen LogP contribution < -0.4 is 7.41 Å². The average molecular weight is 356 g/mol. The van der Waals surface area contributed by atoms with Crippen LogP contribution in [-0.2, 0) is 0 Å². The van der Waals surface area contributed by atoms with Crippen molar-refractivity contribution in [2.75, 3.05) is 0 Å². The molecule has 0 aliphatic carbocycles. The first-order chi connectivity index (χ1) is 9.38. The second-order valence-corrected chi connectivity index (χ2v) is 7.51. The third kappa shape index (κ3) is 2.06. The Morgan fingerprint density at radius 2 is 1.11 bits per heavy atom. The summed E-state index contributed by atoms with van der Waals surface area (Å²) in [5, 5.41) is 2.34. The Balaban J connectivity index is 1.73. The molecule has 0 bridgehead atoms. The van der Waals surface area contributed by atoms with E-state index >= 15 is 0 Å². The van der Waals surface area contributed by atoms with Crippen LogP contribution in [0.15, 0.2) is 69.5 Å². The van der Waals surface area contributed by atoms with Crippen molar-refractivity contribution >= 4 is 51.0 Å². The van der Waals surface area contributed by atoms with Gasteiger partial charge in [0.25, 0.3) is 0 Å². The maximum atomic E-state index is 5.87. The van der Waals surface area contributed by atoms with Gasteiger partial charge in [-0.1, -0.05) is 0 Å². The molecule has 4 rings (SSSR count). The van der Waals surface area contributed by atoms with Crippen LogP contribution in [-0.4, -0.2) is 21.6 Å². The predicted octanol–water partition coefficient (Wildman–Crippen LogP) is 2.83. The van der Waals surface area contributed by atoms with Crippen molar-refractivity contribution in [2.24, 2.45) is 0 Å². The Morgan fingerprint density at radius 3 is 1.58 bits per heavy atom. The van der Waals surface area contributed by atoms with Crippen LogP contribution in [0.5, 0.6) is 0 Å². The molecule has 2 aromatic heterocycles. The molecule has 0 saturated carbocycles. The summed E-state index contributed by atoms with van der Waals surface area (Å²) >= 11 is -0.795. The van der Waals surface area contributed by atoms with Crippen molar-refractivity contribution in [3.63, 3.8) is 0 Å². The van der Waals surface area contributed by atoms with Gasteiger partial charge < -0.3 is 0 Å². The van der Waals surface area contributed by atoms with E-state index < -0.39 is 21.6 Å². The molecule has 4 aromatic rings. The van der Waals surface area contributed by atoms with Crippen LogP contribution in [0.1, 0.15) is 0 Å². The number of furan rings is 2. The van der Waals surface area contributed by atoms with Crippen molar-refractivity contribution in [3.05, 3.63) is 60.7 Å². The molecule has 1 radical (unpaired) electrons. The molecule has 2 heterocycles. The van der Waals surface area contributed by atoms with Crippen LogP contribution in [0, 0.1) is 0 Å². The van der Waals surface area contributed by atoms with Gasteiger partial charge in [-0.3, -0.25) is 0 Å². The fraction of sp³-hybridized carbons (Fsp3) is 0. The number of fused-ring (bicyclic) bond motifs is 2. The maximum absolute atomic E-state index is 5.87. The molecule has 2 aromatic carbocycles. The summed E-state index contributed by atoms with van der Waals surface area (Å²) in [5.41, 5.74) is 1.92. The molecule has 0 aliphatic rings. The molecule has 0 atom stereocenters. The van der Waals surface area contributed by atoms with Crippen molar-refractivity contribution in [1.82, 2.24) is 0 Å². The second kappa shape index (κ2) is 4.47. The summed E-state index contributed by atoms with van der Waals surface area (Å²) in [5.74, 6) is 0. The standard InChI is InChI=1S/2C8H5O.Sb/c2*1-2-4-8-7(3-1)5-6-9-8;/h2*1-5H;. The van der Waals surface area contributed by atoms with Gasteiger partial charge in [-0.2, -0.15) is 0 Å². The molecular weight excluding hydrogens is 346 g/mol.